The van der Waals surface area contributed by atoms with Crippen molar-refractivity contribution in [2.45, 2.75) is 39.2 Å². The summed E-state index contributed by atoms with van der Waals surface area (Å²) >= 11 is 5.59. The lowest BCUT2D eigenvalue weighted by atomic mass is 9.99. The summed E-state index contributed by atoms with van der Waals surface area (Å²) < 4.78 is 13.1. The van der Waals surface area contributed by atoms with E-state index in [4.69, 9.17) is 11.6 Å². The minimum Gasteiger partial charge on any atom is -0.393 e. The second-order valence-electron chi connectivity index (χ2n) is 4.45. The predicted octanol–water partition coefficient (Wildman–Crippen LogP) is 3.82. The van der Waals surface area contributed by atoms with Gasteiger partial charge in [0.15, 0.2) is 0 Å². The fourth-order valence-electron chi connectivity index (χ4n) is 1.54. The molecule has 0 saturated heterocycles. The Hall–Kier alpha value is -0.600. The van der Waals surface area contributed by atoms with Crippen LogP contribution in [0, 0.1) is 11.7 Å². The molecule has 1 aromatic carbocycles. The number of benzene rings is 1. The van der Waals surface area contributed by atoms with Gasteiger partial charge in [-0.25, -0.2) is 4.39 Å². The summed E-state index contributed by atoms with van der Waals surface area (Å²) in [6, 6.07) is 4.86. The van der Waals surface area contributed by atoms with Crippen molar-refractivity contribution in [3.05, 3.63) is 34.6 Å². The van der Waals surface area contributed by atoms with Crippen LogP contribution in [0.3, 0.4) is 0 Å². The zero-order valence-corrected chi connectivity index (χ0v) is 10.5. The number of aliphatic hydroxyl groups is 1. The SMILES string of the molecule is CC(C)C(O)CCCc1ccc(Cl)c(F)c1. The quantitative estimate of drug-likeness (QED) is 0.835. The van der Waals surface area contributed by atoms with E-state index in [1.54, 1.807) is 6.07 Å². The lowest BCUT2D eigenvalue weighted by Gasteiger charge is -2.13. The molecule has 0 saturated carbocycles. The van der Waals surface area contributed by atoms with Crippen molar-refractivity contribution >= 4 is 11.6 Å². The predicted molar refractivity (Wildman–Crippen MR) is 65.2 cm³/mol. The summed E-state index contributed by atoms with van der Waals surface area (Å²) in [4.78, 5) is 0. The van der Waals surface area contributed by atoms with Gasteiger partial charge in [-0.1, -0.05) is 31.5 Å². The first-order chi connectivity index (χ1) is 7.50. The summed E-state index contributed by atoms with van der Waals surface area (Å²) in [5.74, 6) is -0.0921. The number of aliphatic hydroxyl groups excluding tert-OH is 1. The maximum absolute atomic E-state index is 13.1. The van der Waals surface area contributed by atoms with E-state index in [0.29, 0.717) is 0 Å². The highest BCUT2D eigenvalue weighted by atomic mass is 35.5. The summed E-state index contributed by atoms with van der Waals surface area (Å²) in [5.41, 5.74) is 0.929. The van der Waals surface area contributed by atoms with Gasteiger partial charge in [0.05, 0.1) is 11.1 Å². The highest BCUT2D eigenvalue weighted by Gasteiger charge is 2.08. The van der Waals surface area contributed by atoms with Crippen LogP contribution in [-0.2, 0) is 6.42 Å². The number of rotatable bonds is 5. The van der Waals surface area contributed by atoms with Gasteiger partial charge in [0.1, 0.15) is 5.82 Å². The Labute approximate surface area is 101 Å². The number of aryl methyl sites for hydroxylation is 1. The molecular formula is C13H18ClFO. The summed E-state index contributed by atoms with van der Waals surface area (Å²) in [7, 11) is 0. The first kappa shape index (κ1) is 13.5. The van der Waals surface area contributed by atoms with Crippen molar-refractivity contribution < 1.29 is 9.50 Å². The van der Waals surface area contributed by atoms with Gasteiger partial charge in [-0.05, 0) is 42.9 Å². The van der Waals surface area contributed by atoms with Gasteiger partial charge in [-0.2, -0.15) is 0 Å². The normalized spacial score (nSPS) is 13.1. The van der Waals surface area contributed by atoms with Gasteiger partial charge in [-0.3, -0.25) is 0 Å². The van der Waals surface area contributed by atoms with Crippen LogP contribution in [0.25, 0.3) is 0 Å². The molecule has 1 nitrogen and oxygen atoms in total. The highest BCUT2D eigenvalue weighted by molar-refractivity contribution is 6.30. The minimum absolute atomic E-state index is 0.158. The monoisotopic (exact) mass is 244 g/mol. The molecule has 1 rings (SSSR count). The molecule has 1 unspecified atom stereocenters. The minimum atomic E-state index is -0.372. The molecule has 1 atom stereocenters. The summed E-state index contributed by atoms with van der Waals surface area (Å²) in [5, 5.41) is 9.77. The fraction of sp³-hybridized carbons (Fsp3) is 0.538. The molecular weight excluding hydrogens is 227 g/mol. The van der Waals surface area contributed by atoms with Crippen LogP contribution in [0.4, 0.5) is 4.39 Å². The standard InChI is InChI=1S/C13H18ClFO/c1-9(2)13(16)5-3-4-10-6-7-11(14)12(15)8-10/h6-9,13,16H,3-5H2,1-2H3. The maximum Gasteiger partial charge on any atom is 0.142 e. The van der Waals surface area contributed by atoms with Crippen LogP contribution in [0.15, 0.2) is 18.2 Å². The lowest BCUT2D eigenvalue weighted by Crippen LogP contribution is -2.14. The van der Waals surface area contributed by atoms with E-state index >= 15 is 0 Å². The van der Waals surface area contributed by atoms with E-state index in [0.717, 1.165) is 24.8 Å². The molecule has 90 valence electrons. The lowest BCUT2D eigenvalue weighted by molar-refractivity contribution is 0.114. The Morgan fingerprint density at radius 3 is 2.62 bits per heavy atom. The van der Waals surface area contributed by atoms with Crippen molar-refractivity contribution in [1.82, 2.24) is 0 Å². The zero-order chi connectivity index (χ0) is 12.1. The Morgan fingerprint density at radius 1 is 1.38 bits per heavy atom. The topological polar surface area (TPSA) is 20.2 Å². The molecule has 3 heteroatoms. The number of halogens is 2. The largest absolute Gasteiger partial charge is 0.393 e. The van der Waals surface area contributed by atoms with Crippen LogP contribution in [0.2, 0.25) is 5.02 Å². The van der Waals surface area contributed by atoms with E-state index in [-0.39, 0.29) is 22.9 Å². The molecule has 1 N–H and O–H groups in total. The summed E-state index contributed by atoms with van der Waals surface area (Å²) in [6.45, 7) is 3.99. The highest BCUT2D eigenvalue weighted by Crippen LogP contribution is 2.17. The average Bonchev–Trinajstić information content (AvgIpc) is 2.23. The molecule has 0 aliphatic rings. The first-order valence-electron chi connectivity index (χ1n) is 5.62. The van der Waals surface area contributed by atoms with Gasteiger partial charge in [0.2, 0.25) is 0 Å². The Balaban J connectivity index is 2.40. The Kier molecular flexibility index (Phi) is 5.23. The van der Waals surface area contributed by atoms with Crippen molar-refractivity contribution in [2.75, 3.05) is 0 Å². The Bertz CT molecular complexity index is 339. The average molecular weight is 245 g/mol. The van der Waals surface area contributed by atoms with Crippen molar-refractivity contribution in [2.24, 2.45) is 5.92 Å². The smallest absolute Gasteiger partial charge is 0.142 e. The molecule has 0 spiro atoms. The molecule has 16 heavy (non-hydrogen) atoms. The first-order valence-corrected chi connectivity index (χ1v) is 6.00. The van der Waals surface area contributed by atoms with Gasteiger partial charge in [-0.15, -0.1) is 0 Å². The molecule has 0 aliphatic heterocycles. The number of hydrogen-bond donors (Lipinski definition) is 1. The van der Waals surface area contributed by atoms with Crippen molar-refractivity contribution in [1.29, 1.82) is 0 Å². The van der Waals surface area contributed by atoms with Gasteiger partial charge < -0.3 is 5.11 Å². The van der Waals surface area contributed by atoms with Crippen LogP contribution in [-0.4, -0.2) is 11.2 Å². The third-order valence-electron chi connectivity index (χ3n) is 2.72. The molecule has 0 bridgehead atoms. The molecule has 0 amide bonds. The molecule has 0 radical (unpaired) electrons. The fourth-order valence-corrected chi connectivity index (χ4v) is 1.66. The van der Waals surface area contributed by atoms with Crippen molar-refractivity contribution in [3.8, 4) is 0 Å². The third kappa shape index (κ3) is 4.11. The third-order valence-corrected chi connectivity index (χ3v) is 3.03. The van der Waals surface area contributed by atoms with E-state index in [9.17, 15) is 9.50 Å². The summed E-state index contributed by atoms with van der Waals surface area (Å²) in [6.07, 6.45) is 2.12. The van der Waals surface area contributed by atoms with Crippen LogP contribution < -0.4 is 0 Å². The van der Waals surface area contributed by atoms with Crippen molar-refractivity contribution in [3.63, 3.8) is 0 Å². The van der Waals surface area contributed by atoms with E-state index in [1.165, 1.54) is 6.07 Å². The van der Waals surface area contributed by atoms with Crippen LogP contribution in [0.1, 0.15) is 32.3 Å². The Morgan fingerprint density at radius 2 is 2.06 bits per heavy atom. The van der Waals surface area contributed by atoms with Gasteiger partial charge in [0.25, 0.3) is 0 Å². The van der Waals surface area contributed by atoms with E-state index in [2.05, 4.69) is 0 Å². The molecule has 0 aliphatic carbocycles. The maximum atomic E-state index is 13.1. The second kappa shape index (κ2) is 6.21. The molecule has 0 aromatic heterocycles. The molecule has 0 fully saturated rings. The van der Waals surface area contributed by atoms with Gasteiger partial charge in [0, 0.05) is 0 Å². The zero-order valence-electron chi connectivity index (χ0n) is 9.71. The van der Waals surface area contributed by atoms with Crippen LogP contribution in [0.5, 0.6) is 0 Å². The van der Waals surface area contributed by atoms with Crippen LogP contribution >= 0.6 is 11.6 Å². The second-order valence-corrected chi connectivity index (χ2v) is 4.86. The van der Waals surface area contributed by atoms with Gasteiger partial charge >= 0.3 is 0 Å². The molecule has 1 aromatic rings. The number of hydrogen-bond acceptors (Lipinski definition) is 1. The molecule has 0 heterocycles. The van der Waals surface area contributed by atoms with E-state index < -0.39 is 0 Å². The van der Waals surface area contributed by atoms with E-state index in [1.807, 2.05) is 19.9 Å².